The summed E-state index contributed by atoms with van der Waals surface area (Å²) in [7, 11) is 0. The molecule has 0 aliphatic carbocycles. The molecule has 70 heavy (non-hydrogen) atoms. The second-order valence-corrected chi connectivity index (χ2v) is 20.5. The molecule has 7 rings (SSSR count). The number of β-amino-alcohol motifs (C(OH)–C–C–N with tert-alkyl or cyclic N) is 1. The van der Waals surface area contributed by atoms with Gasteiger partial charge in [0.15, 0.2) is 0 Å². The lowest BCUT2D eigenvalue weighted by molar-refractivity contribution is -0.144. The van der Waals surface area contributed by atoms with Crippen molar-refractivity contribution >= 4 is 64.9 Å². The molecular formula is C52H67ClN8O8S. The van der Waals surface area contributed by atoms with E-state index in [9.17, 15) is 33.9 Å². The number of amides is 6. The van der Waals surface area contributed by atoms with Crippen LogP contribution in [0.15, 0.2) is 72.2 Å². The van der Waals surface area contributed by atoms with Crippen molar-refractivity contribution in [2.24, 2.45) is 16.9 Å². The number of carbonyl (C=O) groups is 6. The van der Waals surface area contributed by atoms with Gasteiger partial charge in [0.25, 0.3) is 0 Å². The largest absolute Gasteiger partial charge is 0.391 e. The fourth-order valence-electron chi connectivity index (χ4n) is 9.42. The van der Waals surface area contributed by atoms with E-state index in [-0.39, 0.29) is 75.0 Å². The molecular weight excluding hydrogens is 932 g/mol. The number of likely N-dealkylation sites (tertiary alicyclic amines) is 1. The molecule has 18 heteroatoms. The summed E-state index contributed by atoms with van der Waals surface area (Å²) in [6, 6.07) is 18.0. The van der Waals surface area contributed by atoms with Crippen LogP contribution >= 0.6 is 23.7 Å². The Hall–Kier alpha value is -5.72. The number of hydrogen-bond donors (Lipinski definition) is 6. The van der Waals surface area contributed by atoms with E-state index in [0.29, 0.717) is 45.1 Å². The highest BCUT2D eigenvalue weighted by atomic mass is 35.5. The number of aryl methyl sites for hydroxylation is 4. The van der Waals surface area contributed by atoms with Gasteiger partial charge in [-0.25, -0.2) is 4.98 Å². The number of ether oxygens (including phenoxy) is 1. The zero-order chi connectivity index (χ0) is 49.4. The average Bonchev–Trinajstić information content (AvgIpc) is 4.04. The number of nitrogens with zero attached hydrogens (tertiary/aromatic N) is 3. The maximum absolute atomic E-state index is 14.1. The summed E-state index contributed by atoms with van der Waals surface area (Å²) in [6.45, 7) is 8.37. The van der Waals surface area contributed by atoms with Crippen LogP contribution < -0.4 is 32.3 Å². The molecule has 3 aliphatic rings. The van der Waals surface area contributed by atoms with E-state index >= 15 is 0 Å². The van der Waals surface area contributed by atoms with Gasteiger partial charge in [-0.05, 0) is 84.2 Å². The molecule has 8 N–H and O–H groups in total. The van der Waals surface area contributed by atoms with Crippen LogP contribution in [-0.4, -0.2) is 107 Å². The third-order valence-corrected chi connectivity index (χ3v) is 14.3. The van der Waals surface area contributed by atoms with Gasteiger partial charge in [-0.1, -0.05) is 87.5 Å². The summed E-state index contributed by atoms with van der Waals surface area (Å²) < 4.78 is 6.00. The number of anilines is 1. The summed E-state index contributed by atoms with van der Waals surface area (Å²) >= 11 is 1.57. The SMILES string of the molecule is Cc1ncsc1-c1ccc(CNC(=O)[C@@H]2C[C@@H](O)CN2C(=O)[C@@H](NC(=O)CCc2ccc(CCCOC[C@H](CCC(N)=O)NC(=O)[C@@H]3Cc4cccc5c4N3C(=O)[C@@H](N)CC5)cc2)C(C)(C)C)cc1.Cl. The number of primary amides is 1. The van der Waals surface area contributed by atoms with Crippen LogP contribution in [0, 0.1) is 12.3 Å². The van der Waals surface area contributed by atoms with Crippen molar-refractivity contribution in [2.45, 2.75) is 135 Å². The minimum absolute atomic E-state index is 0. The number of aliphatic hydroxyl groups is 1. The zero-order valence-electron chi connectivity index (χ0n) is 40.4. The number of aliphatic hydroxyl groups excluding tert-OH is 1. The fraction of sp³-hybridized carbons (Fsp3) is 0.481. The minimum Gasteiger partial charge on any atom is -0.391 e. The predicted octanol–water partition coefficient (Wildman–Crippen LogP) is 4.21. The number of nitrogens with two attached hydrogens (primary N) is 2. The lowest BCUT2D eigenvalue weighted by Crippen LogP contribution is -2.57. The second kappa shape index (κ2) is 23.9. The van der Waals surface area contributed by atoms with Crippen LogP contribution in [0.2, 0.25) is 0 Å². The molecule has 3 aromatic carbocycles. The van der Waals surface area contributed by atoms with Crippen molar-refractivity contribution < 1.29 is 38.6 Å². The Morgan fingerprint density at radius 3 is 2.27 bits per heavy atom. The average molecular weight is 1000 g/mol. The molecule has 16 nitrogen and oxygen atoms in total. The van der Waals surface area contributed by atoms with Gasteiger partial charge in [0.1, 0.15) is 18.1 Å². The summed E-state index contributed by atoms with van der Waals surface area (Å²) in [5.74, 6) is -2.15. The molecule has 4 aromatic rings. The maximum atomic E-state index is 14.1. The Labute approximate surface area is 420 Å². The molecule has 0 bridgehead atoms. The molecule has 0 unspecified atom stereocenters. The van der Waals surface area contributed by atoms with E-state index < -0.39 is 53.5 Å². The quantitative estimate of drug-likeness (QED) is 0.0690. The number of aromatic nitrogens is 1. The number of para-hydroxylation sites is 1. The molecule has 4 heterocycles. The summed E-state index contributed by atoms with van der Waals surface area (Å²) in [5, 5.41) is 19.5. The molecule has 1 saturated heterocycles. The Kier molecular flexibility index (Phi) is 18.3. The van der Waals surface area contributed by atoms with E-state index in [4.69, 9.17) is 16.2 Å². The first-order valence-corrected chi connectivity index (χ1v) is 24.8. The molecule has 6 amide bonds. The molecule has 3 aliphatic heterocycles. The van der Waals surface area contributed by atoms with E-state index in [0.717, 1.165) is 56.1 Å². The topological polar surface area (TPSA) is 239 Å². The number of halogens is 1. The smallest absolute Gasteiger partial charge is 0.246 e. The van der Waals surface area contributed by atoms with Gasteiger partial charge in [0, 0.05) is 45.4 Å². The molecule has 1 fully saturated rings. The van der Waals surface area contributed by atoms with Gasteiger partial charge in [0.05, 0.1) is 46.6 Å². The lowest BCUT2D eigenvalue weighted by atomic mass is 9.85. The van der Waals surface area contributed by atoms with E-state index in [2.05, 4.69) is 20.9 Å². The third-order valence-electron chi connectivity index (χ3n) is 13.3. The van der Waals surface area contributed by atoms with Gasteiger partial charge in [0.2, 0.25) is 35.4 Å². The first-order chi connectivity index (χ1) is 33.0. The summed E-state index contributed by atoms with van der Waals surface area (Å²) in [4.78, 5) is 88.2. The highest BCUT2D eigenvalue weighted by molar-refractivity contribution is 7.13. The van der Waals surface area contributed by atoms with Crippen molar-refractivity contribution in [3.05, 3.63) is 106 Å². The standard InChI is InChI=1S/C52H66N8O8S.ClH/c1-31-46(69-30-56-31)36-17-14-34(15-18-36)27-55-48(64)41-26-39(61)28-59(41)51(67)47(52(2,3)4)58-44(63)23-16-33-12-10-32(11-13-33)7-6-24-68-29-38(20-22-43(54)62)57-49(65)42-25-37-9-5-8-35-19-21-40(53)50(66)60(42)45(35)37;/h5,8-15,17-18,30,38-42,47,61H,6-7,16,19-29,53H2,1-4H3,(H2,54,62)(H,55,64)(H,57,65)(H,58,63);1H/t38-,39+,40-,41-,42-,47+;/m0./s1. The lowest BCUT2D eigenvalue weighted by Gasteiger charge is -2.35. The van der Waals surface area contributed by atoms with Crippen molar-refractivity contribution in [3.63, 3.8) is 0 Å². The number of rotatable bonds is 20. The Balaban J connectivity index is 0.00000804. The Morgan fingerprint density at radius 2 is 1.60 bits per heavy atom. The third kappa shape index (κ3) is 13.4. The maximum Gasteiger partial charge on any atom is 0.246 e. The number of thiazole rings is 1. The van der Waals surface area contributed by atoms with Crippen molar-refractivity contribution in [3.8, 4) is 10.4 Å². The number of nitrogens with one attached hydrogen (secondary N) is 3. The van der Waals surface area contributed by atoms with Crippen LogP contribution in [-0.2, 0) is 65.7 Å². The highest BCUT2D eigenvalue weighted by Crippen LogP contribution is 2.39. The van der Waals surface area contributed by atoms with Gasteiger partial charge in [-0.3, -0.25) is 33.7 Å². The first-order valence-electron chi connectivity index (χ1n) is 24.0. The molecule has 6 atom stereocenters. The molecule has 376 valence electrons. The van der Waals surface area contributed by atoms with Crippen LogP contribution in [0.3, 0.4) is 0 Å². The predicted molar refractivity (Wildman–Crippen MR) is 271 cm³/mol. The number of hydrogen-bond acceptors (Lipinski definition) is 11. The zero-order valence-corrected chi connectivity index (χ0v) is 42.0. The molecule has 0 saturated carbocycles. The van der Waals surface area contributed by atoms with Crippen LogP contribution in [0.1, 0.15) is 92.8 Å². The van der Waals surface area contributed by atoms with Gasteiger partial charge in [-0.15, -0.1) is 23.7 Å². The summed E-state index contributed by atoms with van der Waals surface area (Å²) in [6.07, 6.45) is 3.14. The summed E-state index contributed by atoms with van der Waals surface area (Å²) in [5.41, 5.74) is 20.5. The minimum atomic E-state index is -0.925. The monoisotopic (exact) mass is 998 g/mol. The fourth-order valence-corrected chi connectivity index (χ4v) is 10.2. The van der Waals surface area contributed by atoms with Gasteiger partial charge < -0.3 is 42.2 Å². The number of carbonyl (C=O) groups excluding carboxylic acids is 6. The van der Waals surface area contributed by atoms with E-state index in [1.165, 1.54) is 4.90 Å². The molecule has 0 radical (unpaired) electrons. The van der Waals surface area contributed by atoms with Crippen molar-refractivity contribution in [1.29, 1.82) is 0 Å². The van der Waals surface area contributed by atoms with Crippen molar-refractivity contribution in [1.82, 2.24) is 25.8 Å². The molecule has 1 aromatic heterocycles. The molecule has 0 spiro atoms. The van der Waals surface area contributed by atoms with E-state index in [1.54, 1.807) is 16.2 Å². The van der Waals surface area contributed by atoms with E-state index in [1.807, 2.05) is 99.9 Å². The van der Waals surface area contributed by atoms with Crippen LogP contribution in [0.25, 0.3) is 10.4 Å². The van der Waals surface area contributed by atoms with Gasteiger partial charge in [-0.2, -0.15) is 0 Å². The first kappa shape index (κ1) is 53.6. The van der Waals surface area contributed by atoms with Crippen LogP contribution in [0.4, 0.5) is 5.69 Å². The highest BCUT2D eigenvalue weighted by Gasteiger charge is 2.45. The van der Waals surface area contributed by atoms with Crippen LogP contribution in [0.5, 0.6) is 0 Å². The second-order valence-electron chi connectivity index (χ2n) is 19.6. The van der Waals surface area contributed by atoms with Gasteiger partial charge >= 0.3 is 0 Å². The van der Waals surface area contributed by atoms with Crippen molar-refractivity contribution in [2.75, 3.05) is 24.7 Å². The normalized spacial score (nSPS) is 19.4. The number of benzene rings is 3. The Morgan fingerprint density at radius 1 is 0.914 bits per heavy atom. The Bertz CT molecular complexity index is 2500.